The van der Waals surface area contributed by atoms with Gasteiger partial charge in [0.05, 0.1) is 0 Å². The summed E-state index contributed by atoms with van der Waals surface area (Å²) >= 11 is 0. The number of benzene rings is 1. The van der Waals surface area contributed by atoms with Crippen molar-refractivity contribution in [3.8, 4) is 0 Å². The first-order chi connectivity index (χ1) is 7.59. The molecule has 0 aliphatic carbocycles. The summed E-state index contributed by atoms with van der Waals surface area (Å²) in [5, 5.41) is 0. The molecule has 0 aliphatic heterocycles. The summed E-state index contributed by atoms with van der Waals surface area (Å²) in [6.45, 7) is 16.5. The van der Waals surface area contributed by atoms with Gasteiger partial charge >= 0.3 is 0 Å². The summed E-state index contributed by atoms with van der Waals surface area (Å²) in [5.41, 5.74) is 5.37. The van der Waals surface area contributed by atoms with E-state index in [1.54, 1.807) is 0 Å². The normalized spacial score (nSPS) is 8.00. The molecule has 1 rings (SSSR count). The topological polar surface area (TPSA) is 0 Å². The molecule has 0 amide bonds. The highest BCUT2D eigenvalue weighted by atomic mass is 14.0. The molecule has 0 radical (unpaired) electrons. The standard InChI is InChI=1S/C12H16.2C2H6/c1-9(2)7-12-6-5-10(3)8-11(12)4;2*1-2/h5-8H,1-4H3;2*1-2H3. The van der Waals surface area contributed by atoms with Gasteiger partial charge in [0.1, 0.15) is 0 Å². The summed E-state index contributed by atoms with van der Waals surface area (Å²) in [7, 11) is 0. The Morgan fingerprint density at radius 2 is 1.44 bits per heavy atom. The summed E-state index contributed by atoms with van der Waals surface area (Å²) in [6.07, 6.45) is 2.22. The molecule has 1 aromatic rings. The van der Waals surface area contributed by atoms with Crippen LogP contribution in [0.15, 0.2) is 23.8 Å². The van der Waals surface area contributed by atoms with E-state index in [4.69, 9.17) is 0 Å². The number of hydrogen-bond acceptors (Lipinski definition) is 0. The lowest BCUT2D eigenvalue weighted by molar-refractivity contribution is 1.35. The highest BCUT2D eigenvalue weighted by Gasteiger charge is 1.93. The lowest BCUT2D eigenvalue weighted by Crippen LogP contribution is -1.82. The molecule has 0 atom stereocenters. The Kier molecular flexibility index (Phi) is 11.4. The summed E-state index contributed by atoms with van der Waals surface area (Å²) < 4.78 is 0. The maximum atomic E-state index is 2.22. The van der Waals surface area contributed by atoms with Gasteiger partial charge in [-0.3, -0.25) is 0 Å². The van der Waals surface area contributed by atoms with E-state index in [0.717, 1.165) is 0 Å². The fraction of sp³-hybridized carbons (Fsp3) is 0.500. The average Bonchev–Trinajstić information content (AvgIpc) is 2.28. The van der Waals surface area contributed by atoms with Gasteiger partial charge in [-0.25, -0.2) is 0 Å². The molecule has 0 saturated carbocycles. The van der Waals surface area contributed by atoms with E-state index in [9.17, 15) is 0 Å². The minimum Gasteiger partial charge on any atom is -0.0758 e. The summed E-state index contributed by atoms with van der Waals surface area (Å²) in [5.74, 6) is 0. The maximum Gasteiger partial charge on any atom is -0.0228 e. The molecule has 1 aromatic carbocycles. The van der Waals surface area contributed by atoms with Crippen molar-refractivity contribution >= 4 is 6.08 Å². The van der Waals surface area contributed by atoms with Crippen molar-refractivity contribution in [2.75, 3.05) is 0 Å². The van der Waals surface area contributed by atoms with Gasteiger partial charge in [0.15, 0.2) is 0 Å². The molecule has 0 bridgehead atoms. The smallest absolute Gasteiger partial charge is 0.0228 e. The average molecular weight is 220 g/mol. The molecule has 0 heterocycles. The third-order valence-electron chi connectivity index (χ3n) is 1.87. The van der Waals surface area contributed by atoms with Crippen molar-refractivity contribution in [1.82, 2.24) is 0 Å². The summed E-state index contributed by atoms with van der Waals surface area (Å²) in [4.78, 5) is 0. The number of aryl methyl sites for hydroxylation is 2. The third-order valence-corrected chi connectivity index (χ3v) is 1.87. The van der Waals surface area contributed by atoms with Crippen molar-refractivity contribution in [2.45, 2.75) is 55.4 Å². The first-order valence-electron chi connectivity index (χ1n) is 6.32. The Hall–Kier alpha value is -1.04. The summed E-state index contributed by atoms with van der Waals surface area (Å²) in [6, 6.07) is 6.55. The van der Waals surface area contributed by atoms with Gasteiger partial charge in [-0.1, -0.05) is 63.1 Å². The molecule has 0 N–H and O–H groups in total. The van der Waals surface area contributed by atoms with Crippen LogP contribution in [0, 0.1) is 13.8 Å². The Bertz CT molecular complexity index is 302. The number of allylic oxidation sites excluding steroid dienone is 1. The Morgan fingerprint density at radius 3 is 1.81 bits per heavy atom. The van der Waals surface area contributed by atoms with Crippen LogP contribution in [0.1, 0.15) is 58.2 Å². The molecule has 0 unspecified atom stereocenters. The zero-order valence-electron chi connectivity index (χ0n) is 12.3. The second kappa shape index (κ2) is 10.5. The first-order valence-corrected chi connectivity index (χ1v) is 6.32. The van der Waals surface area contributed by atoms with Crippen molar-refractivity contribution < 1.29 is 0 Å². The fourth-order valence-corrected chi connectivity index (χ4v) is 1.30. The Morgan fingerprint density at radius 1 is 0.938 bits per heavy atom. The zero-order valence-corrected chi connectivity index (χ0v) is 12.3. The van der Waals surface area contributed by atoms with Gasteiger partial charge < -0.3 is 0 Å². The highest BCUT2D eigenvalue weighted by Crippen LogP contribution is 2.13. The quantitative estimate of drug-likeness (QED) is 0.563. The predicted molar refractivity (Wildman–Crippen MR) is 77.9 cm³/mol. The van der Waals surface area contributed by atoms with Crippen molar-refractivity contribution in [1.29, 1.82) is 0 Å². The lowest BCUT2D eigenvalue weighted by atomic mass is 10.0. The van der Waals surface area contributed by atoms with Crippen LogP contribution in [0.5, 0.6) is 0 Å². The van der Waals surface area contributed by atoms with E-state index in [0.29, 0.717) is 0 Å². The predicted octanol–water partition coefficient (Wildman–Crippen LogP) is 5.78. The van der Waals surface area contributed by atoms with Crippen LogP contribution in [-0.4, -0.2) is 0 Å². The SMILES string of the molecule is CC.CC.CC(C)=Cc1ccc(C)cc1C. The van der Waals surface area contributed by atoms with Crippen LogP contribution in [-0.2, 0) is 0 Å². The molecule has 0 aliphatic rings. The molecular formula is C16H28. The first kappa shape index (κ1) is 17.4. The van der Waals surface area contributed by atoms with E-state index in [2.05, 4.69) is 52.0 Å². The van der Waals surface area contributed by atoms with Crippen LogP contribution >= 0.6 is 0 Å². The van der Waals surface area contributed by atoms with Crippen molar-refractivity contribution in [3.05, 3.63) is 40.5 Å². The van der Waals surface area contributed by atoms with Gasteiger partial charge in [-0.05, 0) is 38.8 Å². The highest BCUT2D eigenvalue weighted by molar-refractivity contribution is 5.56. The maximum absolute atomic E-state index is 2.22. The number of hydrogen-bond donors (Lipinski definition) is 0. The van der Waals surface area contributed by atoms with E-state index >= 15 is 0 Å². The molecule has 92 valence electrons. The minimum atomic E-state index is 1.33. The Balaban J connectivity index is 0. The van der Waals surface area contributed by atoms with E-state index < -0.39 is 0 Å². The fourth-order valence-electron chi connectivity index (χ4n) is 1.30. The van der Waals surface area contributed by atoms with Crippen LogP contribution in [0.4, 0.5) is 0 Å². The van der Waals surface area contributed by atoms with Crippen LogP contribution in [0.2, 0.25) is 0 Å². The number of rotatable bonds is 1. The van der Waals surface area contributed by atoms with E-state index in [-0.39, 0.29) is 0 Å². The second-order valence-corrected chi connectivity index (χ2v) is 3.58. The van der Waals surface area contributed by atoms with Crippen LogP contribution in [0.25, 0.3) is 6.08 Å². The van der Waals surface area contributed by atoms with Crippen LogP contribution < -0.4 is 0 Å². The lowest BCUT2D eigenvalue weighted by Gasteiger charge is -2.02. The van der Waals surface area contributed by atoms with Gasteiger partial charge in [0, 0.05) is 0 Å². The molecule has 0 spiro atoms. The largest absolute Gasteiger partial charge is 0.0758 e. The third kappa shape index (κ3) is 7.28. The van der Waals surface area contributed by atoms with Gasteiger partial charge in [-0.2, -0.15) is 0 Å². The van der Waals surface area contributed by atoms with Gasteiger partial charge in [-0.15, -0.1) is 0 Å². The van der Waals surface area contributed by atoms with Crippen molar-refractivity contribution in [2.24, 2.45) is 0 Å². The molecule has 0 aromatic heterocycles. The van der Waals surface area contributed by atoms with Crippen LogP contribution in [0.3, 0.4) is 0 Å². The molecule has 0 saturated heterocycles. The van der Waals surface area contributed by atoms with Gasteiger partial charge in [0.2, 0.25) is 0 Å². The molecule has 16 heavy (non-hydrogen) atoms. The van der Waals surface area contributed by atoms with E-state index in [1.165, 1.54) is 22.3 Å². The molecule has 0 fully saturated rings. The van der Waals surface area contributed by atoms with Crippen molar-refractivity contribution in [3.63, 3.8) is 0 Å². The van der Waals surface area contributed by atoms with Gasteiger partial charge in [0.25, 0.3) is 0 Å². The minimum absolute atomic E-state index is 1.33. The second-order valence-electron chi connectivity index (χ2n) is 3.58. The molecule has 0 heteroatoms. The Labute approximate surface area is 102 Å². The molecular weight excluding hydrogens is 192 g/mol. The zero-order chi connectivity index (χ0) is 13.1. The monoisotopic (exact) mass is 220 g/mol. The molecule has 0 nitrogen and oxygen atoms in total. The van der Waals surface area contributed by atoms with E-state index in [1.807, 2.05) is 27.7 Å².